The van der Waals surface area contributed by atoms with E-state index >= 15 is 0 Å². The summed E-state index contributed by atoms with van der Waals surface area (Å²) < 4.78 is 8.20. The van der Waals surface area contributed by atoms with E-state index in [2.05, 4.69) is 41.8 Å². The van der Waals surface area contributed by atoms with E-state index in [0.29, 0.717) is 17.4 Å². The van der Waals surface area contributed by atoms with Crippen molar-refractivity contribution in [1.29, 1.82) is 0 Å². The van der Waals surface area contributed by atoms with Gasteiger partial charge < -0.3 is 9.30 Å². The number of fused-ring (bicyclic) bond motifs is 1. The van der Waals surface area contributed by atoms with Crippen LogP contribution in [0, 0.1) is 0 Å². The molecule has 130 valence electrons. The van der Waals surface area contributed by atoms with Crippen molar-refractivity contribution in [3.05, 3.63) is 95.3 Å². The summed E-state index contributed by atoms with van der Waals surface area (Å²) in [5.41, 5.74) is 3.30. The fourth-order valence-electron chi connectivity index (χ4n) is 3.21. The summed E-state index contributed by atoms with van der Waals surface area (Å²) in [6.45, 7) is 2.54. The van der Waals surface area contributed by atoms with E-state index in [0.717, 1.165) is 16.9 Å². The van der Waals surface area contributed by atoms with Gasteiger partial charge in [-0.15, -0.1) is 0 Å². The van der Waals surface area contributed by atoms with Gasteiger partial charge in [-0.05, 0) is 36.8 Å². The second-order valence-electron chi connectivity index (χ2n) is 6.19. The van der Waals surface area contributed by atoms with Crippen LogP contribution in [0.5, 0.6) is 5.75 Å². The van der Waals surface area contributed by atoms with Crippen molar-refractivity contribution in [2.45, 2.75) is 19.6 Å². The molecule has 26 heavy (non-hydrogen) atoms. The topological polar surface area (TPSA) is 27.1 Å². The number of rotatable bonds is 5. The van der Waals surface area contributed by atoms with E-state index in [1.807, 2.05) is 48.5 Å². The summed E-state index contributed by atoms with van der Waals surface area (Å²) in [5, 5.41) is 0.603. The molecule has 0 N–H and O–H groups in total. The molecule has 1 unspecified atom stereocenters. The molecule has 3 nitrogen and oxygen atoms in total. The number of para-hydroxylation sites is 3. The zero-order chi connectivity index (χ0) is 17.9. The fraction of sp³-hybridized carbons (Fsp3) is 0.136. The summed E-state index contributed by atoms with van der Waals surface area (Å²) in [6, 6.07) is 26.2. The summed E-state index contributed by atoms with van der Waals surface area (Å²) >= 11 is 6.22. The van der Waals surface area contributed by atoms with Crippen LogP contribution in [0.25, 0.3) is 11.0 Å². The Hall–Kier alpha value is -2.78. The van der Waals surface area contributed by atoms with Gasteiger partial charge in [0.15, 0.2) is 0 Å². The van der Waals surface area contributed by atoms with Crippen molar-refractivity contribution >= 4 is 22.6 Å². The molecule has 0 aliphatic carbocycles. The van der Waals surface area contributed by atoms with Crippen molar-refractivity contribution < 1.29 is 4.74 Å². The van der Waals surface area contributed by atoms with E-state index in [9.17, 15) is 0 Å². The van der Waals surface area contributed by atoms with Crippen LogP contribution in [0.2, 0.25) is 5.02 Å². The second kappa shape index (κ2) is 7.22. The number of imidazole rings is 1. The van der Waals surface area contributed by atoms with Gasteiger partial charge >= 0.3 is 0 Å². The van der Waals surface area contributed by atoms with Gasteiger partial charge in [-0.25, -0.2) is 4.98 Å². The number of nitrogens with zero attached hydrogens (tertiary/aromatic N) is 2. The van der Waals surface area contributed by atoms with E-state index in [1.165, 1.54) is 5.56 Å². The lowest BCUT2D eigenvalue weighted by Gasteiger charge is -2.18. The molecule has 4 heteroatoms. The van der Waals surface area contributed by atoms with Crippen LogP contribution in [-0.4, -0.2) is 9.55 Å². The lowest BCUT2D eigenvalue weighted by atomic mass is 10.1. The van der Waals surface area contributed by atoms with Crippen LogP contribution < -0.4 is 4.74 Å². The number of hydrogen-bond donors (Lipinski definition) is 0. The predicted octanol–water partition coefficient (Wildman–Crippen LogP) is 5.88. The van der Waals surface area contributed by atoms with Gasteiger partial charge in [-0.1, -0.05) is 66.2 Å². The molecule has 3 aromatic carbocycles. The standard InChI is InChI=1S/C22H19ClN2O/c1-16(17-9-3-2-4-10-17)25-20-13-7-6-12-19(20)24-22(25)15-26-21-14-8-5-11-18(21)23/h2-14,16H,15H2,1H3. The highest BCUT2D eigenvalue weighted by molar-refractivity contribution is 6.32. The Labute approximate surface area is 157 Å². The maximum atomic E-state index is 6.22. The van der Waals surface area contributed by atoms with E-state index in [-0.39, 0.29) is 6.04 Å². The van der Waals surface area contributed by atoms with Crippen molar-refractivity contribution in [1.82, 2.24) is 9.55 Å². The minimum atomic E-state index is 0.147. The molecular formula is C22H19ClN2O. The molecule has 0 spiro atoms. The first-order valence-corrected chi connectivity index (χ1v) is 9.00. The quantitative estimate of drug-likeness (QED) is 0.443. The molecule has 1 aromatic heterocycles. The maximum absolute atomic E-state index is 6.22. The van der Waals surface area contributed by atoms with Crippen LogP contribution in [0.4, 0.5) is 0 Å². The van der Waals surface area contributed by atoms with Crippen molar-refractivity contribution in [2.24, 2.45) is 0 Å². The number of benzene rings is 3. The molecule has 4 aromatic rings. The largest absolute Gasteiger partial charge is 0.484 e. The van der Waals surface area contributed by atoms with Crippen LogP contribution in [0.15, 0.2) is 78.9 Å². The average molecular weight is 363 g/mol. The van der Waals surface area contributed by atoms with E-state index < -0.39 is 0 Å². The highest BCUT2D eigenvalue weighted by Crippen LogP contribution is 2.28. The Kier molecular flexibility index (Phi) is 4.63. The maximum Gasteiger partial charge on any atom is 0.148 e. The Morgan fingerprint density at radius 2 is 1.62 bits per heavy atom. The van der Waals surface area contributed by atoms with Gasteiger partial charge in [-0.2, -0.15) is 0 Å². The summed E-state index contributed by atoms with van der Waals surface area (Å²) in [6.07, 6.45) is 0. The van der Waals surface area contributed by atoms with Crippen molar-refractivity contribution in [3.8, 4) is 5.75 Å². The second-order valence-corrected chi connectivity index (χ2v) is 6.60. The Morgan fingerprint density at radius 1 is 0.923 bits per heavy atom. The zero-order valence-corrected chi connectivity index (χ0v) is 15.2. The van der Waals surface area contributed by atoms with Gasteiger partial charge in [0.1, 0.15) is 18.2 Å². The lowest BCUT2D eigenvalue weighted by molar-refractivity contribution is 0.289. The first-order valence-electron chi connectivity index (χ1n) is 8.62. The summed E-state index contributed by atoms with van der Waals surface area (Å²) in [5.74, 6) is 1.54. The normalized spacial score (nSPS) is 12.2. The zero-order valence-electron chi connectivity index (χ0n) is 14.5. The van der Waals surface area contributed by atoms with Gasteiger partial charge in [-0.3, -0.25) is 0 Å². The van der Waals surface area contributed by atoms with Gasteiger partial charge in [0, 0.05) is 0 Å². The number of ether oxygens (including phenoxy) is 1. The molecule has 0 bridgehead atoms. The smallest absolute Gasteiger partial charge is 0.148 e. The number of halogens is 1. The Balaban J connectivity index is 1.73. The number of hydrogen-bond acceptors (Lipinski definition) is 2. The molecule has 1 atom stereocenters. The molecule has 0 saturated carbocycles. The fourth-order valence-corrected chi connectivity index (χ4v) is 3.40. The summed E-state index contributed by atoms with van der Waals surface area (Å²) in [4.78, 5) is 4.80. The van der Waals surface area contributed by atoms with E-state index in [1.54, 1.807) is 0 Å². The van der Waals surface area contributed by atoms with Gasteiger partial charge in [0.05, 0.1) is 22.1 Å². The molecule has 0 aliphatic heterocycles. The molecule has 0 radical (unpaired) electrons. The molecular weight excluding hydrogens is 344 g/mol. The SMILES string of the molecule is CC(c1ccccc1)n1c(COc2ccccc2Cl)nc2ccccc21. The van der Waals surface area contributed by atoms with Crippen LogP contribution >= 0.6 is 11.6 Å². The first kappa shape index (κ1) is 16.7. The molecule has 0 amide bonds. The minimum Gasteiger partial charge on any atom is -0.484 e. The van der Waals surface area contributed by atoms with Crippen molar-refractivity contribution in [2.75, 3.05) is 0 Å². The average Bonchev–Trinajstić information content (AvgIpc) is 3.06. The van der Waals surface area contributed by atoms with E-state index in [4.69, 9.17) is 21.3 Å². The predicted molar refractivity (Wildman–Crippen MR) is 106 cm³/mol. The highest BCUT2D eigenvalue weighted by Gasteiger charge is 2.17. The first-order chi connectivity index (χ1) is 12.7. The molecule has 0 fully saturated rings. The van der Waals surface area contributed by atoms with Gasteiger partial charge in [0.25, 0.3) is 0 Å². The third kappa shape index (κ3) is 3.18. The number of aromatic nitrogens is 2. The van der Waals surface area contributed by atoms with Crippen LogP contribution in [-0.2, 0) is 6.61 Å². The molecule has 4 rings (SSSR count). The Morgan fingerprint density at radius 3 is 2.42 bits per heavy atom. The third-order valence-corrected chi connectivity index (χ3v) is 4.84. The van der Waals surface area contributed by atoms with Gasteiger partial charge in [0.2, 0.25) is 0 Å². The Bertz CT molecular complexity index is 1030. The van der Waals surface area contributed by atoms with Crippen molar-refractivity contribution in [3.63, 3.8) is 0 Å². The summed E-state index contributed by atoms with van der Waals surface area (Å²) in [7, 11) is 0. The monoisotopic (exact) mass is 362 g/mol. The lowest BCUT2D eigenvalue weighted by Crippen LogP contribution is -2.12. The minimum absolute atomic E-state index is 0.147. The van der Waals surface area contributed by atoms with Crippen LogP contribution in [0.1, 0.15) is 24.4 Å². The molecule has 1 heterocycles. The highest BCUT2D eigenvalue weighted by atomic mass is 35.5. The van der Waals surface area contributed by atoms with Crippen LogP contribution in [0.3, 0.4) is 0 Å². The third-order valence-electron chi connectivity index (χ3n) is 4.53. The molecule has 0 aliphatic rings. The molecule has 0 saturated heterocycles.